The summed E-state index contributed by atoms with van der Waals surface area (Å²) in [5, 5.41) is 0. The van der Waals surface area contributed by atoms with Gasteiger partial charge in [0.25, 0.3) is 5.91 Å². The van der Waals surface area contributed by atoms with Gasteiger partial charge in [-0.25, -0.2) is 4.39 Å². The molecule has 1 aliphatic heterocycles. The second kappa shape index (κ2) is 8.18. The molecule has 0 aromatic heterocycles. The van der Waals surface area contributed by atoms with E-state index in [0.29, 0.717) is 24.2 Å². The summed E-state index contributed by atoms with van der Waals surface area (Å²) >= 11 is 3.51. The van der Waals surface area contributed by atoms with Crippen molar-refractivity contribution in [2.75, 3.05) is 33.3 Å². The minimum absolute atomic E-state index is 0.101. The highest BCUT2D eigenvalue weighted by atomic mass is 79.9. The molecule has 2 aromatic rings. The van der Waals surface area contributed by atoms with E-state index in [1.807, 2.05) is 6.07 Å². The van der Waals surface area contributed by atoms with Gasteiger partial charge < -0.3 is 9.64 Å². The van der Waals surface area contributed by atoms with Gasteiger partial charge in [-0.1, -0.05) is 12.1 Å². The molecule has 0 spiro atoms. The lowest BCUT2D eigenvalue weighted by atomic mass is 10.1. The van der Waals surface area contributed by atoms with Gasteiger partial charge in [-0.15, -0.1) is 0 Å². The van der Waals surface area contributed by atoms with Crippen LogP contribution >= 0.6 is 15.9 Å². The second-order valence-electron chi connectivity index (χ2n) is 6.50. The lowest BCUT2D eigenvalue weighted by Crippen LogP contribution is -2.48. The van der Waals surface area contributed by atoms with E-state index in [-0.39, 0.29) is 11.7 Å². The average Bonchev–Trinajstić information content (AvgIpc) is 2.64. The van der Waals surface area contributed by atoms with E-state index in [1.165, 1.54) is 11.6 Å². The molecule has 0 N–H and O–H groups in total. The molecular formula is C20H22BrFN2O2. The van der Waals surface area contributed by atoms with Crippen LogP contribution in [-0.2, 0) is 6.54 Å². The molecule has 1 saturated heterocycles. The van der Waals surface area contributed by atoms with Gasteiger partial charge in [-0.05, 0) is 58.2 Å². The van der Waals surface area contributed by atoms with Crippen LogP contribution in [0.2, 0.25) is 0 Å². The van der Waals surface area contributed by atoms with Gasteiger partial charge in [-0.2, -0.15) is 0 Å². The summed E-state index contributed by atoms with van der Waals surface area (Å²) in [5.41, 5.74) is 2.16. The molecule has 3 rings (SSSR count). The number of amides is 1. The van der Waals surface area contributed by atoms with Crippen LogP contribution in [0.1, 0.15) is 21.5 Å². The lowest BCUT2D eigenvalue weighted by Gasteiger charge is -2.35. The third-order valence-electron chi connectivity index (χ3n) is 4.70. The van der Waals surface area contributed by atoms with E-state index in [1.54, 1.807) is 31.1 Å². The Kier molecular flexibility index (Phi) is 5.94. The molecule has 26 heavy (non-hydrogen) atoms. The first-order valence-electron chi connectivity index (χ1n) is 8.58. The Balaban J connectivity index is 1.57. The van der Waals surface area contributed by atoms with Crippen molar-refractivity contribution in [3.05, 3.63) is 63.4 Å². The summed E-state index contributed by atoms with van der Waals surface area (Å²) in [4.78, 5) is 16.7. The number of aryl methyl sites for hydroxylation is 1. The molecule has 6 heteroatoms. The molecule has 0 saturated carbocycles. The summed E-state index contributed by atoms with van der Waals surface area (Å²) < 4.78 is 19.9. The molecule has 1 heterocycles. The van der Waals surface area contributed by atoms with Crippen LogP contribution in [0, 0.1) is 12.7 Å². The van der Waals surface area contributed by atoms with Crippen molar-refractivity contribution < 1.29 is 13.9 Å². The first-order valence-corrected chi connectivity index (χ1v) is 9.37. The van der Waals surface area contributed by atoms with Crippen LogP contribution in [0.3, 0.4) is 0 Å². The average molecular weight is 421 g/mol. The molecular weight excluding hydrogens is 399 g/mol. The van der Waals surface area contributed by atoms with Gasteiger partial charge in [0.1, 0.15) is 11.6 Å². The number of halogens is 2. The standard InChI is InChI=1S/C20H22BrFN2O2/c1-14-3-5-16(12-18(14)22)20(25)24-9-7-23(8-10-24)13-15-4-6-19(26-2)17(21)11-15/h3-6,11-12H,7-10,13H2,1-2H3. The zero-order valence-corrected chi connectivity index (χ0v) is 16.6. The zero-order valence-electron chi connectivity index (χ0n) is 15.0. The summed E-state index contributed by atoms with van der Waals surface area (Å²) in [6.45, 7) is 5.40. The van der Waals surface area contributed by atoms with Gasteiger partial charge >= 0.3 is 0 Å². The molecule has 0 radical (unpaired) electrons. The SMILES string of the molecule is COc1ccc(CN2CCN(C(=O)c3ccc(C)c(F)c3)CC2)cc1Br. The van der Waals surface area contributed by atoms with Crippen molar-refractivity contribution in [2.24, 2.45) is 0 Å². The van der Waals surface area contributed by atoms with E-state index < -0.39 is 0 Å². The van der Waals surface area contributed by atoms with Crippen molar-refractivity contribution in [2.45, 2.75) is 13.5 Å². The molecule has 1 aliphatic rings. The molecule has 0 aliphatic carbocycles. The number of methoxy groups -OCH3 is 1. The van der Waals surface area contributed by atoms with Crippen molar-refractivity contribution in [3.8, 4) is 5.75 Å². The number of benzene rings is 2. The maximum absolute atomic E-state index is 13.7. The number of hydrogen-bond donors (Lipinski definition) is 0. The Morgan fingerprint density at radius 1 is 1.15 bits per heavy atom. The monoisotopic (exact) mass is 420 g/mol. The fourth-order valence-electron chi connectivity index (χ4n) is 3.08. The van der Waals surface area contributed by atoms with Crippen LogP contribution in [0.4, 0.5) is 4.39 Å². The van der Waals surface area contributed by atoms with Gasteiger partial charge in [0.15, 0.2) is 0 Å². The molecule has 0 bridgehead atoms. The fraction of sp³-hybridized carbons (Fsp3) is 0.350. The Labute approximate surface area is 161 Å². The minimum Gasteiger partial charge on any atom is -0.496 e. The third-order valence-corrected chi connectivity index (χ3v) is 5.32. The van der Waals surface area contributed by atoms with Crippen LogP contribution in [0.15, 0.2) is 40.9 Å². The quantitative estimate of drug-likeness (QED) is 0.752. The number of nitrogens with zero attached hydrogens (tertiary/aromatic N) is 2. The van der Waals surface area contributed by atoms with E-state index in [0.717, 1.165) is 29.9 Å². The summed E-state index contributed by atoms with van der Waals surface area (Å²) in [6.07, 6.45) is 0. The predicted octanol–water partition coefficient (Wildman–Crippen LogP) is 3.86. The van der Waals surface area contributed by atoms with Crippen LogP contribution in [-0.4, -0.2) is 49.0 Å². The van der Waals surface area contributed by atoms with E-state index >= 15 is 0 Å². The number of rotatable bonds is 4. The van der Waals surface area contributed by atoms with Gasteiger partial charge in [0.05, 0.1) is 11.6 Å². The van der Waals surface area contributed by atoms with E-state index in [2.05, 4.69) is 33.0 Å². The fourth-order valence-corrected chi connectivity index (χ4v) is 3.67. The largest absolute Gasteiger partial charge is 0.496 e. The molecule has 1 fully saturated rings. The number of carbonyl (C=O) groups is 1. The zero-order chi connectivity index (χ0) is 18.7. The maximum atomic E-state index is 13.7. The Morgan fingerprint density at radius 3 is 2.50 bits per heavy atom. The number of piperazine rings is 1. The summed E-state index contributed by atoms with van der Waals surface area (Å²) in [5.74, 6) is 0.379. The van der Waals surface area contributed by atoms with Crippen LogP contribution in [0.25, 0.3) is 0 Å². The highest BCUT2D eigenvalue weighted by molar-refractivity contribution is 9.10. The van der Waals surface area contributed by atoms with E-state index in [4.69, 9.17) is 4.74 Å². The highest BCUT2D eigenvalue weighted by Crippen LogP contribution is 2.26. The molecule has 0 unspecified atom stereocenters. The molecule has 4 nitrogen and oxygen atoms in total. The minimum atomic E-state index is -0.334. The van der Waals surface area contributed by atoms with E-state index in [9.17, 15) is 9.18 Å². The van der Waals surface area contributed by atoms with Crippen molar-refractivity contribution in [1.82, 2.24) is 9.80 Å². The molecule has 2 aromatic carbocycles. The molecule has 138 valence electrons. The number of carbonyl (C=O) groups excluding carboxylic acids is 1. The second-order valence-corrected chi connectivity index (χ2v) is 7.36. The van der Waals surface area contributed by atoms with Crippen molar-refractivity contribution in [3.63, 3.8) is 0 Å². The predicted molar refractivity (Wildman–Crippen MR) is 103 cm³/mol. The summed E-state index contributed by atoms with van der Waals surface area (Å²) in [7, 11) is 1.65. The Hall–Kier alpha value is -1.92. The highest BCUT2D eigenvalue weighted by Gasteiger charge is 2.22. The Bertz CT molecular complexity index is 804. The van der Waals surface area contributed by atoms with Crippen molar-refractivity contribution in [1.29, 1.82) is 0 Å². The topological polar surface area (TPSA) is 32.8 Å². The summed E-state index contributed by atoms with van der Waals surface area (Å²) in [6, 6.07) is 10.7. The first-order chi connectivity index (χ1) is 12.5. The first kappa shape index (κ1) is 18.9. The van der Waals surface area contributed by atoms with Gasteiger partial charge in [0, 0.05) is 38.3 Å². The molecule has 1 amide bonds. The van der Waals surface area contributed by atoms with Gasteiger partial charge in [-0.3, -0.25) is 9.69 Å². The number of hydrogen-bond acceptors (Lipinski definition) is 3. The van der Waals surface area contributed by atoms with Crippen LogP contribution in [0.5, 0.6) is 5.75 Å². The van der Waals surface area contributed by atoms with Gasteiger partial charge in [0.2, 0.25) is 0 Å². The smallest absolute Gasteiger partial charge is 0.254 e. The molecule has 0 atom stereocenters. The Morgan fingerprint density at radius 2 is 1.88 bits per heavy atom. The van der Waals surface area contributed by atoms with Crippen molar-refractivity contribution >= 4 is 21.8 Å². The third kappa shape index (κ3) is 4.24. The number of ether oxygens (including phenoxy) is 1. The van der Waals surface area contributed by atoms with Crippen LogP contribution < -0.4 is 4.74 Å². The normalized spacial score (nSPS) is 15.2. The lowest BCUT2D eigenvalue weighted by molar-refractivity contribution is 0.0628. The maximum Gasteiger partial charge on any atom is 0.254 e.